The van der Waals surface area contributed by atoms with Crippen molar-refractivity contribution in [2.24, 2.45) is 0 Å². The molecule has 0 spiro atoms. The molecule has 6 aromatic heterocycles. The molecule has 0 aliphatic rings. The van der Waals surface area contributed by atoms with Crippen LogP contribution in [0.3, 0.4) is 0 Å². The number of halogens is 3. The Morgan fingerprint density at radius 1 is 0.459 bits per heavy atom. The van der Waals surface area contributed by atoms with Gasteiger partial charge in [0.15, 0.2) is 22.1 Å². The summed E-state index contributed by atoms with van der Waals surface area (Å²) < 4.78 is 5.96. The van der Waals surface area contributed by atoms with Crippen molar-refractivity contribution in [3.8, 4) is 22.5 Å². The van der Waals surface area contributed by atoms with Gasteiger partial charge in [0.2, 0.25) is 16.5 Å². The molecule has 74 heavy (non-hydrogen) atoms. The second-order valence-electron chi connectivity index (χ2n) is 17.2. The molecule has 0 aliphatic heterocycles. The van der Waals surface area contributed by atoms with Gasteiger partial charge in [0.05, 0.1) is 19.0 Å². The van der Waals surface area contributed by atoms with Crippen molar-refractivity contribution < 1.29 is 10.0 Å². The summed E-state index contributed by atoms with van der Waals surface area (Å²) in [6.45, 7) is 12.5. The summed E-state index contributed by atoms with van der Waals surface area (Å²) in [7, 11) is -1.34. The Labute approximate surface area is 444 Å². The highest BCUT2D eigenvalue weighted by Gasteiger charge is 2.18. The van der Waals surface area contributed by atoms with Gasteiger partial charge < -0.3 is 34.8 Å². The van der Waals surface area contributed by atoms with E-state index in [1.54, 1.807) is 36.9 Å². The van der Waals surface area contributed by atoms with Crippen LogP contribution in [0.2, 0.25) is 15.7 Å². The van der Waals surface area contributed by atoms with E-state index in [-0.39, 0.29) is 28.7 Å². The summed E-state index contributed by atoms with van der Waals surface area (Å²) in [5.74, 6) is 0.569. The number of hydrogen-bond donors (Lipinski definition) is 4. The van der Waals surface area contributed by atoms with Crippen LogP contribution in [0.5, 0.6) is 0 Å². The number of benzene rings is 5. The van der Waals surface area contributed by atoms with Crippen molar-refractivity contribution in [3.63, 3.8) is 0 Å². The average Bonchev–Trinajstić information content (AvgIpc) is 4.17. The third-order valence-electron chi connectivity index (χ3n) is 10.9. The molecule has 0 radical (unpaired) electrons. The van der Waals surface area contributed by atoms with E-state index in [0.29, 0.717) is 27.7 Å². The van der Waals surface area contributed by atoms with E-state index < -0.39 is 7.12 Å². The topological polar surface area (TPSA) is 209 Å². The fraction of sp³-hybridized carbons (Fsp3) is 0.167. The van der Waals surface area contributed by atoms with Crippen molar-refractivity contribution in [3.05, 3.63) is 186 Å². The predicted octanol–water partition coefficient (Wildman–Crippen LogP) is 11.9. The first kappa shape index (κ1) is 54.0. The first-order chi connectivity index (χ1) is 35.7. The number of nitrogens with one attached hydrogen (secondary N) is 1. The Hall–Kier alpha value is -7.80. The molecule has 0 saturated heterocycles. The van der Waals surface area contributed by atoms with Crippen LogP contribution in [0.1, 0.15) is 59.7 Å². The highest BCUT2D eigenvalue weighted by molar-refractivity contribution is 6.58. The third kappa shape index (κ3) is 14.0. The predicted molar refractivity (Wildman–Crippen MR) is 300 cm³/mol. The molecule has 5 aromatic carbocycles. The SMILES string of the molecule is CC(C)n1cnc2c(-c3ccccc3)nc(Cl)nc21.CC(C)n1cnc2c(-c3ccccc3)nc(Nc3ccccc3)nc21.CC(C)n1cnc2c(Cl)nc(Cl)nc21.Nc1ccccc1.OB(O)c1ccccc1. The largest absolute Gasteiger partial charge is 0.488 e. The molecule has 5 N–H and O–H groups in total. The minimum absolute atomic E-state index is 0.143. The maximum absolute atomic E-state index is 8.58. The molecule has 376 valence electrons. The zero-order valence-corrected chi connectivity index (χ0v) is 43.7. The normalized spacial score (nSPS) is 10.8. The molecule has 0 unspecified atom stereocenters. The minimum Gasteiger partial charge on any atom is -0.423 e. The van der Waals surface area contributed by atoms with Crippen molar-refractivity contribution >= 4 is 98.2 Å². The number of nitrogens with zero attached hydrogens (tertiary/aromatic N) is 12. The number of para-hydroxylation sites is 2. The number of nitrogen functional groups attached to an aromatic ring is 1. The first-order valence-electron chi connectivity index (χ1n) is 23.5. The molecule has 6 heterocycles. The molecule has 0 aliphatic carbocycles. The molecular weight excluding hydrogens is 994 g/mol. The zero-order chi connectivity index (χ0) is 52.7. The van der Waals surface area contributed by atoms with Crippen LogP contribution in [0.4, 0.5) is 17.3 Å². The van der Waals surface area contributed by atoms with Crippen molar-refractivity contribution in [1.82, 2.24) is 58.6 Å². The Kier molecular flexibility index (Phi) is 18.8. The summed E-state index contributed by atoms with van der Waals surface area (Å²) in [5.41, 5.74) is 15.8. The molecule has 0 saturated carbocycles. The van der Waals surface area contributed by atoms with E-state index in [2.05, 4.69) is 72.5 Å². The van der Waals surface area contributed by atoms with Crippen LogP contribution < -0.4 is 16.5 Å². The fourth-order valence-corrected chi connectivity index (χ4v) is 7.76. The van der Waals surface area contributed by atoms with Crippen molar-refractivity contribution in [2.45, 2.75) is 59.7 Å². The summed E-state index contributed by atoms with van der Waals surface area (Å²) in [5, 5.41) is 21.1. The van der Waals surface area contributed by atoms with Crippen LogP contribution in [0, 0.1) is 0 Å². The second-order valence-corrected chi connectivity index (χ2v) is 18.2. The molecular formula is C54H54BCl3N14O2. The average molecular weight is 1050 g/mol. The molecule has 20 heteroatoms. The van der Waals surface area contributed by atoms with Crippen LogP contribution in [-0.4, -0.2) is 75.7 Å². The molecule has 11 rings (SSSR count). The maximum atomic E-state index is 8.58. The Morgan fingerprint density at radius 2 is 0.838 bits per heavy atom. The third-order valence-corrected chi connectivity index (χ3v) is 11.5. The highest BCUT2D eigenvalue weighted by atomic mass is 35.5. The monoisotopic (exact) mass is 1050 g/mol. The zero-order valence-electron chi connectivity index (χ0n) is 41.4. The van der Waals surface area contributed by atoms with E-state index in [1.165, 1.54) is 0 Å². The smallest absolute Gasteiger partial charge is 0.423 e. The van der Waals surface area contributed by atoms with E-state index in [4.69, 9.17) is 60.6 Å². The van der Waals surface area contributed by atoms with E-state index in [0.717, 1.165) is 56.2 Å². The Morgan fingerprint density at radius 3 is 1.26 bits per heavy atom. The Bertz CT molecular complexity index is 3500. The molecule has 0 bridgehead atoms. The lowest BCUT2D eigenvalue weighted by Gasteiger charge is -2.11. The highest BCUT2D eigenvalue weighted by Crippen LogP contribution is 2.30. The number of imidazole rings is 3. The van der Waals surface area contributed by atoms with Crippen molar-refractivity contribution in [1.29, 1.82) is 0 Å². The quantitative estimate of drug-likeness (QED) is 0.0484. The van der Waals surface area contributed by atoms with Gasteiger partial charge in [0, 0.05) is 40.6 Å². The number of fused-ring (bicyclic) bond motifs is 3. The molecule has 0 fully saturated rings. The summed E-state index contributed by atoms with van der Waals surface area (Å²) in [4.78, 5) is 39.1. The van der Waals surface area contributed by atoms with Crippen molar-refractivity contribution in [2.75, 3.05) is 11.1 Å². The van der Waals surface area contributed by atoms with E-state index in [1.807, 2.05) is 157 Å². The van der Waals surface area contributed by atoms with Gasteiger partial charge in [-0.25, -0.2) is 29.9 Å². The van der Waals surface area contributed by atoms with Gasteiger partial charge in [-0.3, -0.25) is 0 Å². The number of aromatic nitrogens is 12. The molecule has 0 atom stereocenters. The Balaban J connectivity index is 0.000000145. The van der Waals surface area contributed by atoms with Gasteiger partial charge in [-0.1, -0.05) is 139 Å². The lowest BCUT2D eigenvalue weighted by Crippen LogP contribution is -2.29. The number of anilines is 3. The molecule has 0 amide bonds. The maximum Gasteiger partial charge on any atom is 0.488 e. The summed E-state index contributed by atoms with van der Waals surface area (Å²) >= 11 is 17.6. The first-order valence-corrected chi connectivity index (χ1v) is 24.7. The van der Waals surface area contributed by atoms with E-state index >= 15 is 0 Å². The summed E-state index contributed by atoms with van der Waals surface area (Å²) in [6.07, 6.45) is 5.31. The van der Waals surface area contributed by atoms with Gasteiger partial charge in [-0.2, -0.15) is 15.0 Å². The standard InChI is InChI=1S/C20H19N5.C14H13ClN4.C8H8Cl2N4.C6H7BO2.C6H7N/c1-14(2)25-13-21-18-17(15-9-5-3-6-10-15)23-20(24-19(18)25)22-16-11-7-4-8-12-16;1-9(2)19-8-16-12-11(10-6-4-3-5-7-10)17-14(15)18-13(12)19;1-4(2)14-3-11-5-6(9)12-8(10)13-7(5)14;8-7(9)6-4-2-1-3-5-6;7-6-4-2-1-3-5-6/h3-14H,1-2H3,(H,22,23,24);3-9H,1-2H3;3-4H,1-2H3;1-5,8-9H;1-5H,7H2. The van der Waals surface area contributed by atoms with Gasteiger partial charge in [0.1, 0.15) is 27.9 Å². The number of rotatable bonds is 8. The van der Waals surface area contributed by atoms with Gasteiger partial charge in [-0.15, -0.1) is 0 Å². The van der Waals surface area contributed by atoms with Crippen LogP contribution in [0.15, 0.2) is 171 Å². The van der Waals surface area contributed by atoms with E-state index in [9.17, 15) is 0 Å². The minimum atomic E-state index is -1.34. The molecule has 11 aromatic rings. The van der Waals surface area contributed by atoms with Crippen LogP contribution in [0.25, 0.3) is 56.0 Å². The van der Waals surface area contributed by atoms with Gasteiger partial charge in [-0.05, 0) is 94.5 Å². The number of nitrogens with two attached hydrogens (primary N) is 1. The van der Waals surface area contributed by atoms with Crippen LogP contribution >= 0.6 is 34.8 Å². The van der Waals surface area contributed by atoms with Crippen LogP contribution in [-0.2, 0) is 0 Å². The van der Waals surface area contributed by atoms with Gasteiger partial charge in [0.25, 0.3) is 0 Å². The molecule has 16 nitrogen and oxygen atoms in total. The lowest BCUT2D eigenvalue weighted by molar-refractivity contribution is 0.426. The summed E-state index contributed by atoms with van der Waals surface area (Å²) in [6, 6.07) is 48.9. The van der Waals surface area contributed by atoms with Gasteiger partial charge >= 0.3 is 7.12 Å². The number of hydrogen-bond acceptors (Lipinski definition) is 13. The lowest BCUT2D eigenvalue weighted by atomic mass is 9.81. The second kappa shape index (κ2) is 25.7. The fourth-order valence-electron chi connectivity index (χ4n) is 7.18.